The first kappa shape index (κ1) is 15.6. The van der Waals surface area contributed by atoms with Crippen molar-refractivity contribution in [2.75, 3.05) is 4.90 Å². The molecule has 0 spiro atoms. The van der Waals surface area contributed by atoms with Crippen LogP contribution in [0.15, 0.2) is 59.9 Å². The van der Waals surface area contributed by atoms with E-state index in [-0.39, 0.29) is 11.8 Å². The van der Waals surface area contributed by atoms with Crippen LogP contribution in [0.4, 0.5) is 5.69 Å². The van der Waals surface area contributed by atoms with Gasteiger partial charge in [0.1, 0.15) is 12.4 Å². The maximum Gasteiger partial charge on any atom is 0.261 e. The largest absolute Gasteiger partial charge is 0.489 e. The van der Waals surface area contributed by atoms with E-state index in [1.165, 1.54) is 4.90 Å². The van der Waals surface area contributed by atoms with Gasteiger partial charge in [-0.15, -0.1) is 0 Å². The minimum absolute atomic E-state index is 0.163. The standard InChI is InChI=1S/C20H18N2O3/c23-19-17-5-1-2-6-18(17)20(24)22(19)15-7-9-16(10-8-15)25-13-14-4-3-11-21-12-14/h3-4,7-12H,1-2,5-6,13H2. The highest BCUT2D eigenvalue weighted by Crippen LogP contribution is 2.35. The Kier molecular flexibility index (Phi) is 4.06. The number of pyridine rings is 1. The van der Waals surface area contributed by atoms with E-state index >= 15 is 0 Å². The van der Waals surface area contributed by atoms with Gasteiger partial charge in [0.2, 0.25) is 0 Å². The molecule has 4 rings (SSSR count). The van der Waals surface area contributed by atoms with Crippen LogP contribution in [0.25, 0.3) is 0 Å². The number of nitrogens with zero attached hydrogens (tertiary/aromatic N) is 2. The fraction of sp³-hybridized carbons (Fsp3) is 0.250. The molecule has 5 nitrogen and oxygen atoms in total. The summed E-state index contributed by atoms with van der Waals surface area (Å²) in [5.41, 5.74) is 2.98. The lowest BCUT2D eigenvalue weighted by molar-refractivity contribution is -0.120. The molecule has 2 aliphatic rings. The third-order valence-electron chi connectivity index (χ3n) is 4.61. The number of carbonyl (C=O) groups is 2. The van der Waals surface area contributed by atoms with Crippen LogP contribution in [-0.4, -0.2) is 16.8 Å². The summed E-state index contributed by atoms with van der Waals surface area (Å²) in [6.45, 7) is 0.421. The third-order valence-corrected chi connectivity index (χ3v) is 4.61. The Bertz CT molecular complexity index is 813. The van der Waals surface area contributed by atoms with Crippen molar-refractivity contribution in [3.63, 3.8) is 0 Å². The lowest BCUT2D eigenvalue weighted by Gasteiger charge is -2.15. The number of hydrogen-bond acceptors (Lipinski definition) is 4. The fourth-order valence-corrected chi connectivity index (χ4v) is 3.32. The maximum atomic E-state index is 12.6. The summed E-state index contributed by atoms with van der Waals surface area (Å²) in [7, 11) is 0. The first-order valence-corrected chi connectivity index (χ1v) is 8.46. The molecular formula is C20H18N2O3. The molecule has 2 aromatic rings. The highest BCUT2D eigenvalue weighted by molar-refractivity contribution is 6.33. The van der Waals surface area contributed by atoms with E-state index in [4.69, 9.17) is 4.74 Å². The van der Waals surface area contributed by atoms with Gasteiger partial charge in [0.25, 0.3) is 11.8 Å². The smallest absolute Gasteiger partial charge is 0.261 e. The van der Waals surface area contributed by atoms with Crippen molar-refractivity contribution in [1.82, 2.24) is 4.98 Å². The monoisotopic (exact) mass is 334 g/mol. The highest BCUT2D eigenvalue weighted by Gasteiger charge is 2.39. The Morgan fingerprint density at radius 3 is 2.24 bits per heavy atom. The third kappa shape index (κ3) is 2.93. The molecule has 25 heavy (non-hydrogen) atoms. The predicted octanol–water partition coefficient (Wildman–Crippen LogP) is 3.40. The molecule has 0 unspecified atom stereocenters. The molecule has 1 aromatic heterocycles. The van der Waals surface area contributed by atoms with Crippen LogP contribution in [0.2, 0.25) is 0 Å². The van der Waals surface area contributed by atoms with Crippen LogP contribution in [0.1, 0.15) is 31.2 Å². The summed E-state index contributed by atoms with van der Waals surface area (Å²) < 4.78 is 5.72. The van der Waals surface area contributed by atoms with Crippen molar-refractivity contribution >= 4 is 17.5 Å². The summed E-state index contributed by atoms with van der Waals surface area (Å²) >= 11 is 0. The quantitative estimate of drug-likeness (QED) is 0.804. The zero-order valence-corrected chi connectivity index (χ0v) is 13.8. The molecule has 0 fully saturated rings. The Hall–Kier alpha value is -2.95. The van der Waals surface area contributed by atoms with E-state index in [9.17, 15) is 9.59 Å². The molecule has 0 N–H and O–H groups in total. The van der Waals surface area contributed by atoms with Crippen molar-refractivity contribution in [2.24, 2.45) is 0 Å². The van der Waals surface area contributed by atoms with Gasteiger partial charge in [-0.2, -0.15) is 0 Å². The first-order valence-electron chi connectivity index (χ1n) is 8.46. The van der Waals surface area contributed by atoms with Gasteiger partial charge in [0.15, 0.2) is 0 Å². The molecule has 0 bridgehead atoms. The Morgan fingerprint density at radius 2 is 1.64 bits per heavy atom. The van der Waals surface area contributed by atoms with Gasteiger partial charge in [-0.3, -0.25) is 14.6 Å². The second-order valence-corrected chi connectivity index (χ2v) is 6.25. The number of rotatable bonds is 4. The van der Waals surface area contributed by atoms with Crippen LogP contribution in [0.5, 0.6) is 5.75 Å². The van der Waals surface area contributed by atoms with Gasteiger partial charge in [-0.05, 0) is 56.0 Å². The maximum absolute atomic E-state index is 12.6. The van der Waals surface area contributed by atoms with Crippen molar-refractivity contribution in [3.8, 4) is 5.75 Å². The number of carbonyl (C=O) groups excluding carboxylic acids is 2. The van der Waals surface area contributed by atoms with Gasteiger partial charge in [0, 0.05) is 29.1 Å². The summed E-state index contributed by atoms with van der Waals surface area (Å²) in [5.74, 6) is 0.358. The average Bonchev–Trinajstić information content (AvgIpc) is 2.93. The molecule has 0 saturated carbocycles. The van der Waals surface area contributed by atoms with Gasteiger partial charge < -0.3 is 4.74 Å². The molecule has 1 aliphatic carbocycles. The van der Waals surface area contributed by atoms with Gasteiger partial charge in [0.05, 0.1) is 5.69 Å². The number of benzene rings is 1. The van der Waals surface area contributed by atoms with Crippen molar-refractivity contribution in [1.29, 1.82) is 0 Å². The summed E-state index contributed by atoms with van der Waals surface area (Å²) in [4.78, 5) is 30.5. The zero-order chi connectivity index (χ0) is 17.2. The SMILES string of the molecule is O=C1C2=C(CCCC2)C(=O)N1c1ccc(OCc2cccnc2)cc1. The van der Waals surface area contributed by atoms with Crippen molar-refractivity contribution < 1.29 is 14.3 Å². The van der Waals surface area contributed by atoms with Crippen LogP contribution in [0.3, 0.4) is 0 Å². The molecule has 126 valence electrons. The van der Waals surface area contributed by atoms with E-state index in [0.717, 1.165) is 18.4 Å². The van der Waals surface area contributed by atoms with Gasteiger partial charge in [-0.1, -0.05) is 6.07 Å². The molecule has 0 saturated heterocycles. The van der Waals surface area contributed by atoms with Crippen LogP contribution >= 0.6 is 0 Å². The minimum Gasteiger partial charge on any atom is -0.489 e. The Morgan fingerprint density at radius 1 is 0.960 bits per heavy atom. The van der Waals surface area contributed by atoms with E-state index < -0.39 is 0 Å². The number of ether oxygens (including phenoxy) is 1. The number of anilines is 1. The molecule has 0 radical (unpaired) electrons. The van der Waals surface area contributed by atoms with E-state index in [2.05, 4.69) is 4.98 Å². The fourth-order valence-electron chi connectivity index (χ4n) is 3.32. The van der Waals surface area contributed by atoms with E-state index in [1.54, 1.807) is 36.7 Å². The normalized spacial score (nSPS) is 17.0. The van der Waals surface area contributed by atoms with Crippen LogP contribution in [-0.2, 0) is 16.2 Å². The Balaban J connectivity index is 1.47. The number of imide groups is 1. The molecule has 2 amide bonds. The number of amides is 2. The first-order chi connectivity index (χ1) is 12.2. The molecule has 1 aromatic carbocycles. The number of hydrogen-bond donors (Lipinski definition) is 0. The molecule has 2 heterocycles. The predicted molar refractivity (Wildman–Crippen MR) is 93.0 cm³/mol. The number of aromatic nitrogens is 1. The topological polar surface area (TPSA) is 59.5 Å². The molecular weight excluding hydrogens is 316 g/mol. The van der Waals surface area contributed by atoms with Crippen LogP contribution in [0, 0.1) is 0 Å². The molecule has 0 atom stereocenters. The Labute approximate surface area is 145 Å². The molecule has 5 heteroatoms. The highest BCUT2D eigenvalue weighted by atomic mass is 16.5. The van der Waals surface area contributed by atoms with Crippen molar-refractivity contribution in [2.45, 2.75) is 32.3 Å². The summed E-state index contributed by atoms with van der Waals surface area (Å²) in [6.07, 6.45) is 6.85. The molecule has 1 aliphatic heterocycles. The van der Waals surface area contributed by atoms with E-state index in [1.807, 2.05) is 12.1 Å². The van der Waals surface area contributed by atoms with Crippen molar-refractivity contribution in [3.05, 3.63) is 65.5 Å². The lowest BCUT2D eigenvalue weighted by Crippen LogP contribution is -2.31. The summed E-state index contributed by atoms with van der Waals surface area (Å²) in [6, 6.07) is 10.9. The van der Waals surface area contributed by atoms with Crippen LogP contribution < -0.4 is 9.64 Å². The van der Waals surface area contributed by atoms with Gasteiger partial charge >= 0.3 is 0 Å². The second-order valence-electron chi connectivity index (χ2n) is 6.25. The zero-order valence-electron chi connectivity index (χ0n) is 13.8. The second kappa shape index (κ2) is 6.51. The van der Waals surface area contributed by atoms with Gasteiger partial charge in [-0.25, -0.2) is 4.90 Å². The minimum atomic E-state index is -0.163. The lowest BCUT2D eigenvalue weighted by atomic mass is 9.93. The van der Waals surface area contributed by atoms with E-state index in [0.29, 0.717) is 42.0 Å². The summed E-state index contributed by atoms with van der Waals surface area (Å²) in [5, 5.41) is 0. The average molecular weight is 334 g/mol.